The topological polar surface area (TPSA) is 100 Å². The molecule has 0 saturated carbocycles. The molecule has 1 saturated heterocycles. The van der Waals surface area contributed by atoms with Crippen LogP contribution in [0, 0.1) is 18.2 Å². The maximum atomic E-state index is 14.8. The first kappa shape index (κ1) is 27.8. The van der Waals surface area contributed by atoms with Crippen LogP contribution in [0.4, 0.5) is 30.6 Å². The minimum Gasteiger partial charge on any atom is -0.502 e. The molecule has 0 aliphatic carbocycles. The Kier molecular flexibility index (Phi) is 8.53. The number of β-amino-alcohol motifs (C(OH)–C–C–N with tert-alkyl or cyclic N) is 1. The van der Waals surface area contributed by atoms with E-state index in [1.165, 1.54) is 42.6 Å². The third kappa shape index (κ3) is 7.05. The van der Waals surface area contributed by atoms with Crippen molar-refractivity contribution in [2.24, 2.45) is 0 Å². The molecule has 0 bridgehead atoms. The summed E-state index contributed by atoms with van der Waals surface area (Å²) >= 11 is 0. The van der Waals surface area contributed by atoms with E-state index in [4.69, 9.17) is 16.0 Å². The van der Waals surface area contributed by atoms with Gasteiger partial charge in [-0.05, 0) is 80.5 Å². The van der Waals surface area contributed by atoms with Crippen molar-refractivity contribution < 1.29 is 28.2 Å². The zero-order valence-corrected chi connectivity index (χ0v) is 21.9. The number of hydrogen-bond donors (Lipinski definition) is 3. The van der Waals surface area contributed by atoms with Gasteiger partial charge in [-0.1, -0.05) is 0 Å². The predicted molar refractivity (Wildman–Crippen MR) is 151 cm³/mol. The number of aliphatic hydroxyl groups excluding tert-OH is 1. The van der Waals surface area contributed by atoms with Gasteiger partial charge in [-0.25, -0.2) is 18.4 Å². The highest BCUT2D eigenvalue weighted by atomic mass is 19.1. The summed E-state index contributed by atoms with van der Waals surface area (Å²) in [4.78, 5) is 22.3. The Morgan fingerprint density at radius 1 is 1.05 bits per heavy atom. The van der Waals surface area contributed by atoms with Gasteiger partial charge < -0.3 is 30.1 Å². The van der Waals surface area contributed by atoms with Crippen molar-refractivity contribution in [1.82, 2.24) is 9.88 Å². The van der Waals surface area contributed by atoms with E-state index in [0.29, 0.717) is 34.6 Å². The van der Waals surface area contributed by atoms with Gasteiger partial charge in [0.15, 0.2) is 0 Å². The van der Waals surface area contributed by atoms with E-state index in [-0.39, 0.29) is 23.7 Å². The van der Waals surface area contributed by atoms with Crippen LogP contribution in [0.5, 0.6) is 17.2 Å². The normalized spacial score (nSPS) is 13.9. The number of ether oxygens (including phenoxy) is 2. The van der Waals surface area contributed by atoms with Gasteiger partial charge in [-0.3, -0.25) is 4.98 Å². The lowest BCUT2D eigenvalue weighted by molar-refractivity contribution is 0.0762. The van der Waals surface area contributed by atoms with Crippen molar-refractivity contribution in [2.45, 2.75) is 18.9 Å². The smallest absolute Gasteiger partial charge is 0.323 e. The van der Waals surface area contributed by atoms with Gasteiger partial charge in [0.2, 0.25) is 5.69 Å². The van der Waals surface area contributed by atoms with E-state index in [2.05, 4.69) is 25.4 Å². The van der Waals surface area contributed by atoms with Crippen molar-refractivity contribution in [1.29, 1.82) is 0 Å². The van der Waals surface area contributed by atoms with Crippen molar-refractivity contribution in [3.63, 3.8) is 0 Å². The highest BCUT2D eigenvalue weighted by molar-refractivity contribution is 5.99. The monoisotopic (exact) mass is 559 g/mol. The number of urea groups is 1. The molecule has 0 radical (unpaired) electrons. The molecule has 2 heterocycles. The number of nitrogens with one attached hydrogen (secondary N) is 2. The fraction of sp³-hybridized carbons (Fsp3) is 0.233. The zero-order valence-electron chi connectivity index (χ0n) is 21.9. The number of likely N-dealkylation sites (tertiary alicyclic amines) is 1. The molecule has 1 unspecified atom stereocenters. The van der Waals surface area contributed by atoms with Crippen LogP contribution >= 0.6 is 0 Å². The van der Waals surface area contributed by atoms with E-state index in [1.807, 2.05) is 0 Å². The minimum atomic E-state index is -0.736. The summed E-state index contributed by atoms with van der Waals surface area (Å²) in [5, 5.41) is 15.8. The van der Waals surface area contributed by atoms with Gasteiger partial charge in [0, 0.05) is 29.9 Å². The number of carbonyl (C=O) groups excluding carboxylic acids is 1. The predicted octanol–water partition coefficient (Wildman–Crippen LogP) is 6.34. The zero-order chi connectivity index (χ0) is 28.8. The average Bonchev–Trinajstić information content (AvgIpc) is 3.47. The van der Waals surface area contributed by atoms with Gasteiger partial charge >= 0.3 is 6.03 Å². The molecule has 1 aromatic heterocycles. The number of anilines is 2. The van der Waals surface area contributed by atoms with Crippen molar-refractivity contribution in [3.05, 3.63) is 89.9 Å². The van der Waals surface area contributed by atoms with Crippen molar-refractivity contribution in [2.75, 3.05) is 36.9 Å². The molecule has 1 aliphatic heterocycles. The minimum absolute atomic E-state index is 0.0439. The molecule has 210 valence electrons. The summed E-state index contributed by atoms with van der Waals surface area (Å²) in [6, 6.07) is 13.2. The van der Waals surface area contributed by atoms with Gasteiger partial charge in [0.05, 0.1) is 17.8 Å². The summed E-state index contributed by atoms with van der Waals surface area (Å²) < 4.78 is 39.6. The number of amides is 2. The van der Waals surface area contributed by atoms with Crippen LogP contribution in [0.3, 0.4) is 0 Å². The molecule has 41 heavy (non-hydrogen) atoms. The van der Waals surface area contributed by atoms with Gasteiger partial charge in [-0.15, -0.1) is 0 Å². The van der Waals surface area contributed by atoms with Gasteiger partial charge in [-0.2, -0.15) is 0 Å². The molecular formula is C30H27F2N5O4. The van der Waals surface area contributed by atoms with Crippen LogP contribution in [0.25, 0.3) is 15.7 Å². The quantitative estimate of drug-likeness (QED) is 0.207. The second kappa shape index (κ2) is 12.6. The number of carbonyl (C=O) groups is 1. The lowest BCUT2D eigenvalue weighted by Gasteiger charge is -2.20. The van der Waals surface area contributed by atoms with Crippen LogP contribution < -0.4 is 20.1 Å². The number of aliphatic hydroxyl groups is 1. The van der Waals surface area contributed by atoms with Crippen LogP contribution in [-0.2, 0) is 0 Å². The SMILES string of the molecule is [C-]#[N+]c1cc2c(Oc3ccc(NC(=O)Nc4ccc(F)cc4)c(F)c3)ccnc2cc1OCC(O)CN1CCCC1. The Balaban J connectivity index is 1.27. The molecule has 3 N–H and O–H groups in total. The van der Waals surface area contributed by atoms with Gasteiger partial charge in [0.1, 0.15) is 41.6 Å². The number of hydrogen-bond acceptors (Lipinski definition) is 6. The number of fused-ring (bicyclic) bond motifs is 1. The lowest BCUT2D eigenvalue weighted by Crippen LogP contribution is -2.33. The number of benzene rings is 3. The Hall–Kier alpha value is -4.79. The molecule has 3 aromatic carbocycles. The van der Waals surface area contributed by atoms with E-state index < -0.39 is 23.8 Å². The summed E-state index contributed by atoms with van der Waals surface area (Å²) in [6.45, 7) is 10.1. The summed E-state index contributed by atoms with van der Waals surface area (Å²) in [7, 11) is 0. The molecular weight excluding hydrogens is 532 g/mol. The van der Waals surface area contributed by atoms with Crippen molar-refractivity contribution >= 4 is 34.0 Å². The Morgan fingerprint density at radius 3 is 2.56 bits per heavy atom. The molecule has 11 heteroatoms. The summed E-state index contributed by atoms with van der Waals surface area (Å²) in [5.41, 5.74) is 0.983. The molecule has 5 rings (SSSR count). The maximum Gasteiger partial charge on any atom is 0.323 e. The van der Waals surface area contributed by atoms with Crippen LogP contribution in [-0.4, -0.2) is 53.4 Å². The lowest BCUT2D eigenvalue weighted by atomic mass is 10.1. The van der Waals surface area contributed by atoms with Crippen LogP contribution in [0.2, 0.25) is 0 Å². The number of pyridine rings is 1. The molecule has 9 nitrogen and oxygen atoms in total. The molecule has 1 aliphatic rings. The molecule has 2 amide bonds. The number of aromatic nitrogens is 1. The summed E-state index contributed by atoms with van der Waals surface area (Å²) in [6.07, 6.45) is 3.08. The average molecular weight is 560 g/mol. The van der Waals surface area contributed by atoms with E-state index >= 15 is 0 Å². The fourth-order valence-electron chi connectivity index (χ4n) is 4.54. The second-order valence-corrected chi connectivity index (χ2v) is 9.56. The fourth-order valence-corrected chi connectivity index (χ4v) is 4.54. The number of nitrogens with zero attached hydrogens (tertiary/aromatic N) is 3. The van der Waals surface area contributed by atoms with E-state index in [1.54, 1.807) is 18.2 Å². The molecule has 0 spiro atoms. The Bertz CT molecular complexity index is 1590. The first-order valence-electron chi connectivity index (χ1n) is 13.0. The summed E-state index contributed by atoms with van der Waals surface area (Å²) in [5.74, 6) is -0.371. The maximum absolute atomic E-state index is 14.8. The van der Waals surface area contributed by atoms with Gasteiger partial charge in [0.25, 0.3) is 0 Å². The van der Waals surface area contributed by atoms with Crippen LogP contribution in [0.1, 0.15) is 12.8 Å². The first-order valence-corrected chi connectivity index (χ1v) is 13.0. The third-order valence-corrected chi connectivity index (χ3v) is 6.52. The first-order chi connectivity index (χ1) is 19.9. The Morgan fingerprint density at radius 2 is 1.83 bits per heavy atom. The van der Waals surface area contributed by atoms with Crippen LogP contribution in [0.15, 0.2) is 66.9 Å². The standard InChI is InChI=1S/C30H27F2N5O4/c1-33-27-15-23-26(16-29(27)40-18-21(38)17-37-12-2-3-13-37)34-11-10-28(23)41-22-8-9-25(24(32)14-22)36-30(39)35-20-6-4-19(31)5-7-20/h4-11,14-16,21,38H,2-3,12-13,17-18H2,(H2,35,36,39). The number of rotatable bonds is 9. The largest absolute Gasteiger partial charge is 0.502 e. The molecule has 1 atom stereocenters. The molecule has 4 aromatic rings. The molecule has 1 fully saturated rings. The van der Waals surface area contributed by atoms with E-state index in [0.717, 1.165) is 32.0 Å². The Labute approximate surface area is 235 Å². The number of halogens is 2. The highest BCUT2D eigenvalue weighted by Crippen LogP contribution is 2.38. The highest BCUT2D eigenvalue weighted by Gasteiger charge is 2.18. The van der Waals surface area contributed by atoms with E-state index in [9.17, 15) is 18.7 Å². The second-order valence-electron chi connectivity index (χ2n) is 9.56. The van der Waals surface area contributed by atoms with Crippen molar-refractivity contribution in [3.8, 4) is 17.2 Å². The third-order valence-electron chi connectivity index (χ3n) is 6.52.